The van der Waals surface area contributed by atoms with Gasteiger partial charge >= 0.3 is 0 Å². The van der Waals surface area contributed by atoms with Crippen LogP contribution in [0.4, 0.5) is 11.4 Å². The largest absolute Gasteiger partial charge is 0.353 e. The molecule has 16 heavy (non-hydrogen) atoms. The molecule has 0 saturated carbocycles. The molecule has 0 spiro atoms. The molecular weight excluding hydrogens is 198 g/mol. The van der Waals surface area contributed by atoms with Gasteiger partial charge in [0, 0.05) is 12.4 Å². The topological polar surface area (TPSA) is 37.8 Å². The first-order chi connectivity index (χ1) is 7.77. The highest BCUT2D eigenvalue weighted by molar-refractivity contribution is 5.61. The lowest BCUT2D eigenvalue weighted by Crippen LogP contribution is -2.00. The van der Waals surface area contributed by atoms with Gasteiger partial charge in [-0.25, -0.2) is 0 Å². The number of anilines is 2. The molecule has 1 N–H and O–H groups in total. The normalized spacial score (nSPS) is 10.4. The van der Waals surface area contributed by atoms with Gasteiger partial charge in [0.2, 0.25) is 0 Å². The molecule has 0 aliphatic heterocycles. The first-order valence-electron chi connectivity index (χ1n) is 5.39. The second-order valence-corrected chi connectivity index (χ2v) is 3.96. The second kappa shape index (κ2) is 4.75. The number of rotatable bonds is 3. The van der Waals surface area contributed by atoms with Crippen LogP contribution in [0.3, 0.4) is 0 Å². The van der Waals surface area contributed by atoms with E-state index in [9.17, 15) is 0 Å². The van der Waals surface area contributed by atoms with E-state index in [-0.39, 0.29) is 0 Å². The van der Waals surface area contributed by atoms with Gasteiger partial charge in [-0.1, -0.05) is 13.8 Å². The van der Waals surface area contributed by atoms with E-state index in [4.69, 9.17) is 0 Å². The highest BCUT2D eigenvalue weighted by Crippen LogP contribution is 2.24. The zero-order valence-electron chi connectivity index (χ0n) is 9.51. The second-order valence-electron chi connectivity index (χ2n) is 3.96. The molecule has 2 heterocycles. The van der Waals surface area contributed by atoms with Gasteiger partial charge in [-0.3, -0.25) is 9.97 Å². The quantitative estimate of drug-likeness (QED) is 0.849. The zero-order valence-corrected chi connectivity index (χ0v) is 9.51. The number of nitrogens with zero attached hydrogens (tertiary/aromatic N) is 2. The van der Waals surface area contributed by atoms with Gasteiger partial charge in [0.1, 0.15) is 0 Å². The summed E-state index contributed by atoms with van der Waals surface area (Å²) in [5, 5.41) is 3.33. The van der Waals surface area contributed by atoms with Gasteiger partial charge in [-0.05, 0) is 30.2 Å². The Kier molecular flexibility index (Phi) is 3.15. The van der Waals surface area contributed by atoms with Crippen molar-refractivity contribution in [3.05, 3.63) is 48.5 Å². The van der Waals surface area contributed by atoms with Gasteiger partial charge in [-0.2, -0.15) is 0 Å². The molecular formula is C13H15N3. The first kappa shape index (κ1) is 10.6. The molecule has 0 bridgehead atoms. The van der Waals surface area contributed by atoms with Crippen LogP contribution in [0.1, 0.15) is 25.5 Å². The van der Waals surface area contributed by atoms with Crippen LogP contribution >= 0.6 is 0 Å². The molecule has 2 aromatic heterocycles. The van der Waals surface area contributed by atoms with Crippen LogP contribution in [0.15, 0.2) is 42.9 Å². The summed E-state index contributed by atoms with van der Waals surface area (Å²) in [6.45, 7) is 4.27. The Morgan fingerprint density at radius 2 is 1.94 bits per heavy atom. The van der Waals surface area contributed by atoms with Crippen molar-refractivity contribution < 1.29 is 0 Å². The van der Waals surface area contributed by atoms with Gasteiger partial charge in [0.15, 0.2) is 0 Å². The predicted octanol–water partition coefficient (Wildman–Crippen LogP) is 3.34. The molecule has 0 atom stereocenters. The van der Waals surface area contributed by atoms with E-state index in [0.29, 0.717) is 5.92 Å². The summed E-state index contributed by atoms with van der Waals surface area (Å²) < 4.78 is 0. The summed E-state index contributed by atoms with van der Waals surface area (Å²) in [6.07, 6.45) is 5.39. The minimum atomic E-state index is 0.403. The van der Waals surface area contributed by atoms with E-state index in [1.807, 2.05) is 30.5 Å². The molecule has 2 rings (SSSR count). The molecule has 3 heteroatoms. The minimum absolute atomic E-state index is 0.403. The molecule has 3 nitrogen and oxygen atoms in total. The van der Waals surface area contributed by atoms with Crippen LogP contribution in [-0.4, -0.2) is 9.97 Å². The zero-order chi connectivity index (χ0) is 11.4. The van der Waals surface area contributed by atoms with Gasteiger partial charge in [-0.15, -0.1) is 0 Å². The summed E-state index contributed by atoms with van der Waals surface area (Å²) >= 11 is 0. The maximum Gasteiger partial charge on any atom is 0.0663 e. The SMILES string of the molecule is CC(C)c1ncccc1Nc1cccnc1. The molecule has 0 aliphatic rings. The highest BCUT2D eigenvalue weighted by Gasteiger charge is 2.07. The lowest BCUT2D eigenvalue weighted by molar-refractivity contribution is 0.826. The molecule has 0 unspecified atom stereocenters. The summed E-state index contributed by atoms with van der Waals surface area (Å²) in [4.78, 5) is 8.46. The molecule has 0 aliphatic carbocycles. The van der Waals surface area contributed by atoms with Crippen LogP contribution in [0.25, 0.3) is 0 Å². The molecule has 0 saturated heterocycles. The minimum Gasteiger partial charge on any atom is -0.353 e. The van der Waals surface area contributed by atoms with Crippen LogP contribution in [0, 0.1) is 0 Å². The number of hydrogen-bond donors (Lipinski definition) is 1. The Morgan fingerprint density at radius 1 is 1.12 bits per heavy atom. The fourth-order valence-electron chi connectivity index (χ4n) is 1.58. The standard InChI is InChI=1S/C13H15N3/c1-10(2)13-12(6-4-8-15-13)16-11-5-3-7-14-9-11/h3-10,16H,1-2H3. The Bertz CT molecular complexity index is 452. The third-order valence-corrected chi connectivity index (χ3v) is 2.33. The molecule has 2 aromatic rings. The van der Waals surface area contributed by atoms with E-state index in [0.717, 1.165) is 17.1 Å². The Labute approximate surface area is 95.6 Å². The number of hydrogen-bond acceptors (Lipinski definition) is 3. The molecule has 0 aromatic carbocycles. The Morgan fingerprint density at radius 3 is 2.62 bits per heavy atom. The average Bonchev–Trinajstić information content (AvgIpc) is 2.31. The number of aromatic nitrogens is 2. The number of nitrogens with one attached hydrogen (secondary N) is 1. The first-order valence-corrected chi connectivity index (χ1v) is 5.39. The van der Waals surface area contributed by atoms with Crippen molar-refractivity contribution in [1.82, 2.24) is 9.97 Å². The third kappa shape index (κ3) is 2.37. The van der Waals surface area contributed by atoms with Crippen LogP contribution in [-0.2, 0) is 0 Å². The molecule has 0 amide bonds. The van der Waals surface area contributed by atoms with E-state index >= 15 is 0 Å². The number of pyridine rings is 2. The summed E-state index contributed by atoms with van der Waals surface area (Å²) in [7, 11) is 0. The lowest BCUT2D eigenvalue weighted by atomic mass is 10.1. The maximum absolute atomic E-state index is 4.39. The van der Waals surface area contributed by atoms with Gasteiger partial charge in [0.05, 0.1) is 23.3 Å². The fraction of sp³-hybridized carbons (Fsp3) is 0.231. The Balaban J connectivity index is 2.28. The van der Waals surface area contributed by atoms with E-state index in [1.54, 1.807) is 12.4 Å². The van der Waals surface area contributed by atoms with E-state index < -0.39 is 0 Å². The van der Waals surface area contributed by atoms with Crippen molar-refractivity contribution in [2.24, 2.45) is 0 Å². The maximum atomic E-state index is 4.39. The van der Waals surface area contributed by atoms with Crippen LogP contribution < -0.4 is 5.32 Å². The summed E-state index contributed by atoms with van der Waals surface area (Å²) in [5.74, 6) is 0.403. The predicted molar refractivity (Wildman–Crippen MR) is 65.8 cm³/mol. The summed E-state index contributed by atoms with van der Waals surface area (Å²) in [5.41, 5.74) is 3.11. The van der Waals surface area contributed by atoms with E-state index in [1.165, 1.54) is 0 Å². The van der Waals surface area contributed by atoms with Crippen molar-refractivity contribution in [3.63, 3.8) is 0 Å². The smallest absolute Gasteiger partial charge is 0.0663 e. The van der Waals surface area contributed by atoms with E-state index in [2.05, 4.69) is 29.1 Å². The van der Waals surface area contributed by atoms with Crippen molar-refractivity contribution >= 4 is 11.4 Å². The van der Waals surface area contributed by atoms with Gasteiger partial charge in [0.25, 0.3) is 0 Å². The summed E-state index contributed by atoms with van der Waals surface area (Å²) in [6, 6.07) is 7.87. The third-order valence-electron chi connectivity index (χ3n) is 2.33. The molecule has 0 radical (unpaired) electrons. The fourth-order valence-corrected chi connectivity index (χ4v) is 1.58. The van der Waals surface area contributed by atoms with Crippen molar-refractivity contribution in [1.29, 1.82) is 0 Å². The monoisotopic (exact) mass is 213 g/mol. The van der Waals surface area contributed by atoms with Crippen LogP contribution in [0.5, 0.6) is 0 Å². The molecule has 82 valence electrons. The van der Waals surface area contributed by atoms with Crippen LogP contribution in [0.2, 0.25) is 0 Å². The van der Waals surface area contributed by atoms with Crippen molar-refractivity contribution in [2.45, 2.75) is 19.8 Å². The lowest BCUT2D eigenvalue weighted by Gasteiger charge is -2.12. The molecule has 0 fully saturated rings. The Hall–Kier alpha value is -1.90. The average molecular weight is 213 g/mol. The van der Waals surface area contributed by atoms with Gasteiger partial charge < -0.3 is 5.32 Å². The van der Waals surface area contributed by atoms with Crippen molar-refractivity contribution in [3.8, 4) is 0 Å². The highest BCUT2D eigenvalue weighted by atomic mass is 14.9. The van der Waals surface area contributed by atoms with Crippen molar-refractivity contribution in [2.75, 3.05) is 5.32 Å².